The highest BCUT2D eigenvalue weighted by Gasteiger charge is 2.29. The van der Waals surface area contributed by atoms with Crippen molar-refractivity contribution in [2.45, 2.75) is 12.8 Å². The van der Waals surface area contributed by atoms with Crippen LogP contribution in [-0.2, 0) is 0 Å². The third kappa shape index (κ3) is 2.67. The van der Waals surface area contributed by atoms with Crippen LogP contribution in [0.15, 0.2) is 24.3 Å². The third-order valence-corrected chi connectivity index (χ3v) is 2.44. The van der Waals surface area contributed by atoms with Crippen LogP contribution in [0.5, 0.6) is 5.75 Å². The van der Waals surface area contributed by atoms with Crippen LogP contribution in [0.25, 0.3) is 0 Å². The molecule has 1 saturated carbocycles. The lowest BCUT2D eigenvalue weighted by molar-refractivity contribution is 0.300. The van der Waals surface area contributed by atoms with E-state index in [1.807, 2.05) is 0 Å². The minimum absolute atomic E-state index is 0.0306. The van der Waals surface area contributed by atoms with Crippen LogP contribution < -0.4 is 10.2 Å². The number of benzene rings is 1. The molecule has 0 heterocycles. The molecule has 0 unspecified atom stereocenters. The van der Waals surface area contributed by atoms with Gasteiger partial charge < -0.3 is 17.7 Å². The lowest BCUT2D eigenvalue weighted by atomic mass is 9.79. The van der Waals surface area contributed by atoms with Gasteiger partial charge in [-0.2, -0.15) is 0 Å². The molecule has 5 heteroatoms. The Bertz CT molecular complexity index is 347. The molecule has 1 nitrogen and oxygen atoms in total. The van der Waals surface area contributed by atoms with E-state index in [0.717, 1.165) is 18.9 Å². The smallest absolute Gasteiger partial charge is 0.496 e. The molecule has 2 rings (SSSR count). The van der Waals surface area contributed by atoms with Gasteiger partial charge in [-0.15, -0.1) is 0 Å². The zero-order chi connectivity index (χ0) is 10.9. The Morgan fingerprint density at radius 2 is 1.87 bits per heavy atom. The fraction of sp³-hybridized carbons (Fsp3) is 0.400. The van der Waals surface area contributed by atoms with Gasteiger partial charge in [0.15, 0.2) is 0 Å². The van der Waals surface area contributed by atoms with Gasteiger partial charge in [0.2, 0.25) is 0 Å². The number of ether oxygens (including phenoxy) is 1. The van der Waals surface area contributed by atoms with E-state index in [1.54, 1.807) is 6.07 Å². The Labute approximate surface area is 86.3 Å². The first-order valence-corrected chi connectivity index (χ1v) is 4.99. The summed E-state index contributed by atoms with van der Waals surface area (Å²) in [7, 11) is 0. The molecule has 0 saturated heterocycles. The molecule has 82 valence electrons. The van der Waals surface area contributed by atoms with Crippen LogP contribution in [-0.4, -0.2) is 13.6 Å². The van der Waals surface area contributed by atoms with E-state index in [-0.39, 0.29) is 5.75 Å². The second kappa shape index (κ2) is 3.79. The molecule has 15 heavy (non-hydrogen) atoms. The summed E-state index contributed by atoms with van der Waals surface area (Å²) in [6, 6.07) is 5.40. The molecule has 0 spiro atoms. The summed E-state index contributed by atoms with van der Waals surface area (Å²) in [5.74, 6) is 0.427. The summed E-state index contributed by atoms with van der Waals surface area (Å²) >= 11 is 0. The molecule has 1 aromatic rings. The number of halogens is 3. The Hall–Kier alpha value is -1.13. The first-order chi connectivity index (χ1) is 7.07. The maximum Gasteiger partial charge on any atom is 0.513 e. The molecule has 1 aliphatic rings. The predicted octanol–water partition coefficient (Wildman–Crippen LogP) is 2.53. The molecule has 1 aliphatic carbocycles. The lowest BCUT2D eigenvalue weighted by Crippen LogP contribution is -2.35. The molecule has 0 aliphatic heterocycles. The number of hydrogen-bond acceptors (Lipinski definition) is 1. The maximum atomic E-state index is 12.6. The normalized spacial score (nSPS) is 16.5. The largest absolute Gasteiger partial charge is 0.513 e. The van der Waals surface area contributed by atoms with Crippen molar-refractivity contribution >= 4 is 12.4 Å². The molecule has 0 atom stereocenters. The lowest BCUT2D eigenvalue weighted by Gasteiger charge is -2.19. The molecule has 0 bridgehead atoms. The average molecular weight is 215 g/mol. The molecule has 1 aromatic carbocycles. The van der Waals surface area contributed by atoms with Gasteiger partial charge in [-0.1, -0.05) is 23.7 Å². The molecule has 0 N–H and O–H groups in total. The maximum absolute atomic E-state index is 12.6. The summed E-state index contributed by atoms with van der Waals surface area (Å²) in [5.41, 5.74) is -0.627. The standard InChI is InChI=1S/C10H11BF3O/c12-11(13,14)9-3-1-2-4-10(9)15-7-8-5-6-8/h1-4,8H,5-7H2/q-1. The minimum Gasteiger partial charge on any atom is -0.496 e. The second-order valence-electron chi connectivity index (χ2n) is 3.87. The van der Waals surface area contributed by atoms with Crippen molar-refractivity contribution in [3.8, 4) is 5.75 Å². The average Bonchev–Trinajstić information content (AvgIpc) is 2.97. The summed E-state index contributed by atoms with van der Waals surface area (Å²) in [5, 5.41) is 0. The van der Waals surface area contributed by atoms with Gasteiger partial charge in [0.25, 0.3) is 0 Å². The van der Waals surface area contributed by atoms with Crippen molar-refractivity contribution in [3.05, 3.63) is 24.3 Å². The van der Waals surface area contributed by atoms with Crippen molar-refractivity contribution in [2.75, 3.05) is 6.61 Å². The van der Waals surface area contributed by atoms with Gasteiger partial charge in [-0.25, -0.2) is 0 Å². The molecule has 0 amide bonds. The van der Waals surface area contributed by atoms with Gasteiger partial charge in [0.1, 0.15) is 0 Å². The Morgan fingerprint density at radius 1 is 1.20 bits per heavy atom. The SMILES string of the molecule is F[B-](F)(F)c1ccccc1OCC1CC1. The molecular formula is C10H11BF3O-. The molecular weight excluding hydrogens is 204 g/mol. The van der Waals surface area contributed by atoms with E-state index >= 15 is 0 Å². The summed E-state index contributed by atoms with van der Waals surface area (Å²) in [6.45, 7) is -4.57. The van der Waals surface area contributed by atoms with Crippen LogP contribution in [0.3, 0.4) is 0 Å². The number of para-hydroxylation sites is 1. The Kier molecular flexibility index (Phi) is 2.63. The zero-order valence-corrected chi connectivity index (χ0v) is 8.13. The molecule has 0 aromatic heterocycles. The van der Waals surface area contributed by atoms with Crippen LogP contribution >= 0.6 is 0 Å². The van der Waals surface area contributed by atoms with Crippen LogP contribution in [0.4, 0.5) is 12.9 Å². The Morgan fingerprint density at radius 3 is 2.47 bits per heavy atom. The van der Waals surface area contributed by atoms with E-state index in [0.29, 0.717) is 12.5 Å². The Balaban J connectivity index is 2.13. The fourth-order valence-corrected chi connectivity index (χ4v) is 1.37. The van der Waals surface area contributed by atoms with Crippen molar-refractivity contribution < 1.29 is 17.7 Å². The van der Waals surface area contributed by atoms with Crippen molar-refractivity contribution in [3.63, 3.8) is 0 Å². The van der Waals surface area contributed by atoms with Gasteiger partial charge in [0, 0.05) is 0 Å². The quantitative estimate of drug-likeness (QED) is 0.701. The van der Waals surface area contributed by atoms with Crippen LogP contribution in [0.2, 0.25) is 0 Å². The van der Waals surface area contributed by atoms with E-state index in [4.69, 9.17) is 4.74 Å². The second-order valence-corrected chi connectivity index (χ2v) is 3.87. The van der Waals surface area contributed by atoms with E-state index in [9.17, 15) is 12.9 Å². The number of rotatable bonds is 4. The van der Waals surface area contributed by atoms with Crippen molar-refractivity contribution in [1.82, 2.24) is 0 Å². The highest BCUT2D eigenvalue weighted by atomic mass is 19.4. The fourth-order valence-electron chi connectivity index (χ4n) is 1.37. The van der Waals surface area contributed by atoms with Crippen LogP contribution in [0, 0.1) is 5.92 Å². The van der Waals surface area contributed by atoms with E-state index in [1.165, 1.54) is 12.1 Å². The minimum atomic E-state index is -4.97. The highest BCUT2D eigenvalue weighted by Crippen LogP contribution is 2.29. The van der Waals surface area contributed by atoms with Crippen molar-refractivity contribution in [2.24, 2.45) is 5.92 Å². The van der Waals surface area contributed by atoms with Crippen LogP contribution in [0.1, 0.15) is 12.8 Å². The zero-order valence-electron chi connectivity index (χ0n) is 8.13. The first kappa shape index (κ1) is 10.4. The molecule has 0 radical (unpaired) electrons. The number of hydrogen-bond donors (Lipinski definition) is 0. The van der Waals surface area contributed by atoms with E-state index < -0.39 is 12.4 Å². The van der Waals surface area contributed by atoms with Gasteiger partial charge in [0.05, 0.1) is 12.4 Å². The van der Waals surface area contributed by atoms with Crippen molar-refractivity contribution in [1.29, 1.82) is 0 Å². The first-order valence-electron chi connectivity index (χ1n) is 4.99. The van der Waals surface area contributed by atoms with E-state index in [2.05, 4.69) is 0 Å². The topological polar surface area (TPSA) is 9.23 Å². The van der Waals surface area contributed by atoms with Gasteiger partial charge >= 0.3 is 6.98 Å². The van der Waals surface area contributed by atoms with Gasteiger partial charge in [-0.05, 0) is 24.8 Å². The monoisotopic (exact) mass is 215 g/mol. The summed E-state index contributed by atoms with van der Waals surface area (Å²) < 4.78 is 42.9. The summed E-state index contributed by atoms with van der Waals surface area (Å²) in [4.78, 5) is 0. The third-order valence-electron chi connectivity index (χ3n) is 2.44. The highest BCUT2D eigenvalue weighted by molar-refractivity contribution is 6.74. The summed E-state index contributed by atoms with van der Waals surface area (Å²) in [6.07, 6.45) is 2.14. The molecule has 1 fully saturated rings. The predicted molar refractivity (Wildman–Crippen MR) is 53.4 cm³/mol. The van der Waals surface area contributed by atoms with Gasteiger partial charge in [-0.3, -0.25) is 0 Å².